The SMILES string of the molecule is CC1=CC(=O)C2=C(CC3C(=CCC4C(=O)NC(=O)C43)C2c2ccc(O)cc2)C1=O. The minimum absolute atomic E-state index is 0.107. The Morgan fingerprint density at radius 3 is 2.45 bits per heavy atom. The third-order valence-electron chi connectivity index (χ3n) is 6.63. The van der Waals surface area contributed by atoms with Crippen LogP contribution in [0.5, 0.6) is 5.75 Å². The Morgan fingerprint density at radius 1 is 1.00 bits per heavy atom. The summed E-state index contributed by atoms with van der Waals surface area (Å²) in [6.07, 6.45) is 4.07. The number of ketones is 2. The molecule has 29 heavy (non-hydrogen) atoms. The number of hydrogen-bond donors (Lipinski definition) is 2. The second kappa shape index (κ2) is 6.11. The van der Waals surface area contributed by atoms with Crippen molar-refractivity contribution in [2.24, 2.45) is 17.8 Å². The maximum Gasteiger partial charge on any atom is 0.231 e. The van der Waals surface area contributed by atoms with Gasteiger partial charge in [0.05, 0.1) is 11.8 Å². The van der Waals surface area contributed by atoms with Gasteiger partial charge in [-0.15, -0.1) is 0 Å². The van der Waals surface area contributed by atoms with Crippen molar-refractivity contribution in [1.82, 2.24) is 5.32 Å². The van der Waals surface area contributed by atoms with Crippen LogP contribution in [-0.4, -0.2) is 28.5 Å². The first-order valence-corrected chi connectivity index (χ1v) is 9.70. The first kappa shape index (κ1) is 17.8. The molecule has 6 heteroatoms. The molecule has 4 unspecified atom stereocenters. The zero-order valence-electron chi connectivity index (χ0n) is 15.8. The second-order valence-electron chi connectivity index (χ2n) is 8.17. The summed E-state index contributed by atoms with van der Waals surface area (Å²) in [5.41, 5.74) is 2.99. The molecule has 1 heterocycles. The van der Waals surface area contributed by atoms with E-state index in [0.717, 1.165) is 11.1 Å². The Balaban J connectivity index is 1.71. The normalized spacial score (nSPS) is 30.9. The average Bonchev–Trinajstić information content (AvgIpc) is 2.99. The Labute approximate surface area is 167 Å². The highest BCUT2D eigenvalue weighted by molar-refractivity contribution is 6.23. The van der Waals surface area contributed by atoms with E-state index in [1.807, 2.05) is 6.08 Å². The van der Waals surface area contributed by atoms with E-state index in [4.69, 9.17) is 0 Å². The van der Waals surface area contributed by atoms with Gasteiger partial charge in [-0.2, -0.15) is 0 Å². The number of carbonyl (C=O) groups is 4. The number of allylic oxidation sites excluding steroid dienone is 6. The number of imide groups is 1. The Bertz CT molecular complexity index is 1090. The number of amides is 2. The molecule has 146 valence electrons. The van der Waals surface area contributed by atoms with Crippen molar-refractivity contribution in [1.29, 1.82) is 0 Å². The van der Waals surface area contributed by atoms with Crippen LogP contribution in [0.1, 0.15) is 31.2 Å². The van der Waals surface area contributed by atoms with E-state index < -0.39 is 17.8 Å². The van der Waals surface area contributed by atoms with E-state index in [1.165, 1.54) is 6.08 Å². The molecule has 1 aromatic carbocycles. The number of phenolic OH excluding ortho intramolecular Hbond substituents is 1. The first-order valence-electron chi connectivity index (χ1n) is 9.70. The van der Waals surface area contributed by atoms with Gasteiger partial charge in [0.2, 0.25) is 11.8 Å². The van der Waals surface area contributed by atoms with Gasteiger partial charge >= 0.3 is 0 Å². The van der Waals surface area contributed by atoms with Gasteiger partial charge in [-0.25, -0.2) is 0 Å². The molecule has 0 saturated carbocycles. The van der Waals surface area contributed by atoms with Gasteiger partial charge < -0.3 is 5.11 Å². The summed E-state index contributed by atoms with van der Waals surface area (Å²) in [5, 5.41) is 12.1. The van der Waals surface area contributed by atoms with Gasteiger partial charge in [-0.05, 0) is 49.5 Å². The van der Waals surface area contributed by atoms with Gasteiger partial charge in [0.25, 0.3) is 0 Å². The fraction of sp³-hybridized carbons (Fsp3) is 0.304. The summed E-state index contributed by atoms with van der Waals surface area (Å²) >= 11 is 0. The topological polar surface area (TPSA) is 101 Å². The zero-order valence-corrected chi connectivity index (χ0v) is 15.8. The Morgan fingerprint density at radius 2 is 1.72 bits per heavy atom. The lowest BCUT2D eigenvalue weighted by atomic mass is 9.59. The number of carbonyl (C=O) groups excluding carboxylic acids is 4. The van der Waals surface area contributed by atoms with Crippen LogP contribution < -0.4 is 5.32 Å². The summed E-state index contributed by atoms with van der Waals surface area (Å²) in [5.74, 6) is -2.54. The maximum atomic E-state index is 13.0. The predicted octanol–water partition coefficient (Wildman–Crippen LogP) is 2.11. The highest BCUT2D eigenvalue weighted by Crippen LogP contribution is 2.54. The quantitative estimate of drug-likeness (QED) is 0.435. The minimum Gasteiger partial charge on any atom is -0.508 e. The van der Waals surface area contributed by atoms with E-state index in [0.29, 0.717) is 23.1 Å². The van der Waals surface area contributed by atoms with Crippen LogP contribution in [0.15, 0.2) is 58.7 Å². The number of phenols is 1. The molecule has 1 fully saturated rings. The number of hydrogen-bond acceptors (Lipinski definition) is 5. The largest absolute Gasteiger partial charge is 0.508 e. The third kappa shape index (κ3) is 2.48. The highest BCUT2D eigenvalue weighted by atomic mass is 16.3. The predicted molar refractivity (Wildman–Crippen MR) is 103 cm³/mol. The summed E-state index contributed by atoms with van der Waals surface area (Å²) in [7, 11) is 0. The fourth-order valence-electron chi connectivity index (χ4n) is 5.34. The molecule has 0 aromatic heterocycles. The van der Waals surface area contributed by atoms with Gasteiger partial charge in [0.1, 0.15) is 5.75 Å². The van der Waals surface area contributed by atoms with Crippen LogP contribution in [0.25, 0.3) is 0 Å². The van der Waals surface area contributed by atoms with Crippen LogP contribution in [0, 0.1) is 17.8 Å². The van der Waals surface area contributed by atoms with Crippen LogP contribution in [-0.2, 0) is 19.2 Å². The molecular weight excluding hydrogens is 370 g/mol. The molecular formula is C23H19NO5. The lowest BCUT2D eigenvalue weighted by Crippen LogP contribution is -2.39. The van der Waals surface area contributed by atoms with Gasteiger partial charge in [0.15, 0.2) is 11.6 Å². The van der Waals surface area contributed by atoms with Crippen molar-refractivity contribution in [2.75, 3.05) is 0 Å². The van der Waals surface area contributed by atoms with E-state index in [1.54, 1.807) is 31.2 Å². The number of fused-ring (bicyclic) bond motifs is 3. The van der Waals surface area contributed by atoms with E-state index in [-0.39, 0.29) is 41.5 Å². The molecule has 0 bridgehead atoms. The van der Waals surface area contributed by atoms with Crippen molar-refractivity contribution >= 4 is 23.4 Å². The number of rotatable bonds is 1. The molecule has 5 rings (SSSR count). The summed E-state index contributed by atoms with van der Waals surface area (Å²) < 4.78 is 0. The summed E-state index contributed by atoms with van der Waals surface area (Å²) in [6, 6.07) is 6.58. The van der Waals surface area contributed by atoms with Crippen molar-refractivity contribution in [3.8, 4) is 5.75 Å². The van der Waals surface area contributed by atoms with Crippen LogP contribution in [0.2, 0.25) is 0 Å². The molecule has 1 saturated heterocycles. The van der Waals surface area contributed by atoms with E-state index >= 15 is 0 Å². The molecule has 2 amide bonds. The molecule has 0 radical (unpaired) electrons. The Kier molecular flexibility index (Phi) is 3.75. The molecule has 6 nitrogen and oxygen atoms in total. The summed E-state index contributed by atoms with van der Waals surface area (Å²) in [4.78, 5) is 50.7. The number of Topliss-reactive ketones (excluding diaryl/α,β-unsaturated/α-hetero) is 1. The van der Waals surface area contributed by atoms with Crippen molar-refractivity contribution in [2.45, 2.75) is 25.7 Å². The molecule has 0 spiro atoms. The molecule has 1 aliphatic heterocycles. The van der Waals surface area contributed by atoms with Crippen molar-refractivity contribution < 1.29 is 24.3 Å². The van der Waals surface area contributed by atoms with Crippen LogP contribution >= 0.6 is 0 Å². The first-order chi connectivity index (χ1) is 13.9. The Hall–Kier alpha value is -3.28. The maximum absolute atomic E-state index is 13.0. The van der Waals surface area contributed by atoms with Crippen LogP contribution in [0.4, 0.5) is 0 Å². The number of nitrogens with one attached hydrogen (secondary N) is 1. The van der Waals surface area contributed by atoms with Crippen molar-refractivity contribution in [3.05, 3.63) is 64.3 Å². The smallest absolute Gasteiger partial charge is 0.231 e. The average molecular weight is 389 g/mol. The third-order valence-corrected chi connectivity index (χ3v) is 6.63. The highest BCUT2D eigenvalue weighted by Gasteiger charge is 2.53. The summed E-state index contributed by atoms with van der Waals surface area (Å²) in [6.45, 7) is 1.63. The van der Waals surface area contributed by atoms with Crippen molar-refractivity contribution in [3.63, 3.8) is 0 Å². The zero-order chi connectivity index (χ0) is 20.4. The second-order valence-corrected chi connectivity index (χ2v) is 8.17. The van der Waals surface area contributed by atoms with Gasteiger partial charge in [-0.3, -0.25) is 24.5 Å². The van der Waals surface area contributed by atoms with Crippen LogP contribution in [0.3, 0.4) is 0 Å². The lowest BCUT2D eigenvalue weighted by Gasteiger charge is -2.42. The molecule has 3 aliphatic carbocycles. The number of aromatic hydroxyl groups is 1. The van der Waals surface area contributed by atoms with Gasteiger partial charge in [0, 0.05) is 22.6 Å². The fourth-order valence-corrected chi connectivity index (χ4v) is 5.34. The molecule has 4 atom stereocenters. The molecule has 1 aromatic rings. The standard InChI is InChI=1S/C23H19NO5/c1-10-8-17(26)20-16(21(10)27)9-15-13(18(20)11-2-4-12(25)5-3-11)6-7-14-19(15)23(29)24-22(14)28/h2-6,8,14-15,18-19,25H,7,9H2,1H3,(H,24,28,29). The number of benzene rings is 1. The van der Waals surface area contributed by atoms with E-state index in [2.05, 4.69) is 5.32 Å². The monoisotopic (exact) mass is 389 g/mol. The van der Waals surface area contributed by atoms with Gasteiger partial charge in [-0.1, -0.05) is 23.8 Å². The molecule has 2 N–H and O–H groups in total. The lowest BCUT2D eigenvalue weighted by molar-refractivity contribution is -0.126. The minimum atomic E-state index is -0.523. The molecule has 4 aliphatic rings. The van der Waals surface area contributed by atoms with E-state index in [9.17, 15) is 24.3 Å².